The van der Waals surface area contributed by atoms with E-state index in [1.165, 1.54) is 12.8 Å². The zero-order chi connectivity index (χ0) is 13.7. The van der Waals surface area contributed by atoms with Gasteiger partial charge in [0.2, 0.25) is 0 Å². The molecule has 1 aromatic carbocycles. The number of halogens is 1. The van der Waals surface area contributed by atoms with Gasteiger partial charge in [-0.25, -0.2) is 0 Å². The number of benzene rings is 1. The van der Waals surface area contributed by atoms with Gasteiger partial charge in [-0.3, -0.25) is 0 Å². The van der Waals surface area contributed by atoms with Gasteiger partial charge in [-0.15, -0.1) is 0 Å². The number of hydrogen-bond acceptors (Lipinski definition) is 3. The Bertz CT molecular complexity index is 405. The molecule has 106 valence electrons. The van der Waals surface area contributed by atoms with Crippen molar-refractivity contribution < 1.29 is 9.47 Å². The molecule has 4 heteroatoms. The number of rotatable bonds is 5. The van der Waals surface area contributed by atoms with E-state index in [9.17, 15) is 0 Å². The van der Waals surface area contributed by atoms with Crippen molar-refractivity contribution in [2.45, 2.75) is 38.3 Å². The minimum atomic E-state index is 0.209. The Labute approximate surface area is 120 Å². The van der Waals surface area contributed by atoms with Crippen LogP contribution >= 0.6 is 11.6 Å². The van der Waals surface area contributed by atoms with Crippen molar-refractivity contribution >= 4 is 11.6 Å². The number of nitrogens with one attached hydrogen (secondary N) is 1. The molecule has 0 spiro atoms. The van der Waals surface area contributed by atoms with Crippen molar-refractivity contribution in [3.63, 3.8) is 0 Å². The van der Waals surface area contributed by atoms with Gasteiger partial charge in [-0.2, -0.15) is 0 Å². The van der Waals surface area contributed by atoms with Crippen LogP contribution in [-0.4, -0.2) is 26.4 Å². The molecular formula is C15H22ClNO2. The molecule has 1 aromatic rings. The largest absolute Gasteiger partial charge is 0.491 e. The quantitative estimate of drug-likeness (QED) is 0.896. The lowest BCUT2D eigenvalue weighted by Crippen LogP contribution is -2.26. The summed E-state index contributed by atoms with van der Waals surface area (Å²) in [6.45, 7) is 3.56. The van der Waals surface area contributed by atoms with E-state index in [4.69, 9.17) is 21.1 Å². The fourth-order valence-corrected chi connectivity index (χ4v) is 2.45. The molecule has 1 fully saturated rings. The van der Waals surface area contributed by atoms with Crippen LogP contribution in [0, 0.1) is 0 Å². The third kappa shape index (κ3) is 4.10. The zero-order valence-electron chi connectivity index (χ0n) is 11.6. The van der Waals surface area contributed by atoms with Gasteiger partial charge in [0.1, 0.15) is 12.4 Å². The second kappa shape index (κ2) is 7.13. The van der Waals surface area contributed by atoms with Crippen molar-refractivity contribution in [2.24, 2.45) is 0 Å². The maximum Gasteiger partial charge on any atom is 0.124 e. The highest BCUT2D eigenvalue weighted by Gasteiger charge is 2.16. The van der Waals surface area contributed by atoms with Crippen LogP contribution in [0.2, 0.25) is 5.02 Å². The van der Waals surface area contributed by atoms with Crippen molar-refractivity contribution in [3.05, 3.63) is 28.8 Å². The lowest BCUT2D eigenvalue weighted by molar-refractivity contribution is -0.0113. The molecule has 3 nitrogen and oxygen atoms in total. The highest BCUT2D eigenvalue weighted by molar-refractivity contribution is 6.30. The van der Waals surface area contributed by atoms with E-state index in [2.05, 4.69) is 12.2 Å². The summed E-state index contributed by atoms with van der Waals surface area (Å²) >= 11 is 6.06. The van der Waals surface area contributed by atoms with Gasteiger partial charge in [0.25, 0.3) is 0 Å². The van der Waals surface area contributed by atoms with Gasteiger partial charge in [-0.05, 0) is 51.4 Å². The van der Waals surface area contributed by atoms with Crippen LogP contribution in [0.4, 0.5) is 0 Å². The van der Waals surface area contributed by atoms with Crippen LogP contribution in [0.5, 0.6) is 5.75 Å². The van der Waals surface area contributed by atoms with Crippen molar-refractivity contribution in [2.75, 3.05) is 20.3 Å². The summed E-state index contributed by atoms with van der Waals surface area (Å²) in [6.07, 6.45) is 3.71. The molecule has 1 saturated heterocycles. The molecular weight excluding hydrogens is 262 g/mol. The summed E-state index contributed by atoms with van der Waals surface area (Å²) in [5.74, 6) is 0.889. The number of ether oxygens (including phenoxy) is 2. The lowest BCUT2D eigenvalue weighted by atomic mass is 10.1. The molecule has 1 heterocycles. The summed E-state index contributed by atoms with van der Waals surface area (Å²) in [7, 11) is 1.93. The molecule has 1 N–H and O–H groups in total. The van der Waals surface area contributed by atoms with Crippen molar-refractivity contribution in [1.82, 2.24) is 5.32 Å². The molecule has 1 aliphatic rings. The standard InChI is InChI=1S/C15H22ClNO2/c1-11(17-2)14-9-12(16)6-7-15(14)19-10-13-5-3-4-8-18-13/h6-7,9,11,13,17H,3-5,8,10H2,1-2H3. The van der Waals surface area contributed by atoms with E-state index in [0.717, 1.165) is 29.4 Å². The monoisotopic (exact) mass is 283 g/mol. The minimum absolute atomic E-state index is 0.209. The highest BCUT2D eigenvalue weighted by Crippen LogP contribution is 2.28. The maximum absolute atomic E-state index is 6.06. The van der Waals surface area contributed by atoms with E-state index < -0.39 is 0 Å². The average molecular weight is 284 g/mol. The third-order valence-corrected chi connectivity index (χ3v) is 3.81. The second-order valence-corrected chi connectivity index (χ2v) is 5.43. The topological polar surface area (TPSA) is 30.5 Å². The molecule has 0 amide bonds. The molecule has 0 saturated carbocycles. The Morgan fingerprint density at radius 2 is 2.32 bits per heavy atom. The van der Waals surface area contributed by atoms with Crippen LogP contribution in [0.25, 0.3) is 0 Å². The van der Waals surface area contributed by atoms with E-state index in [-0.39, 0.29) is 12.1 Å². The Hall–Kier alpha value is -0.770. The molecule has 19 heavy (non-hydrogen) atoms. The van der Waals surface area contributed by atoms with Crippen LogP contribution in [0.15, 0.2) is 18.2 Å². The molecule has 2 atom stereocenters. The van der Waals surface area contributed by atoms with Crippen LogP contribution < -0.4 is 10.1 Å². The van der Waals surface area contributed by atoms with Gasteiger partial charge >= 0.3 is 0 Å². The SMILES string of the molecule is CNC(C)c1cc(Cl)ccc1OCC1CCCCO1. The Morgan fingerprint density at radius 1 is 1.47 bits per heavy atom. The molecule has 0 radical (unpaired) electrons. The van der Waals surface area contributed by atoms with E-state index in [0.29, 0.717) is 6.61 Å². The third-order valence-electron chi connectivity index (χ3n) is 3.57. The maximum atomic E-state index is 6.06. The summed E-state index contributed by atoms with van der Waals surface area (Å²) in [5.41, 5.74) is 1.09. The Balaban J connectivity index is 2.02. The molecule has 0 aromatic heterocycles. The first-order valence-electron chi connectivity index (χ1n) is 6.92. The molecule has 1 aliphatic heterocycles. The first-order chi connectivity index (χ1) is 9.20. The van der Waals surface area contributed by atoms with Gasteiger partial charge in [-0.1, -0.05) is 11.6 Å². The first-order valence-corrected chi connectivity index (χ1v) is 7.29. The van der Waals surface area contributed by atoms with Crippen LogP contribution in [0.3, 0.4) is 0 Å². The van der Waals surface area contributed by atoms with E-state index in [1.54, 1.807) is 0 Å². The van der Waals surface area contributed by atoms with Crippen LogP contribution in [0.1, 0.15) is 37.8 Å². The summed E-state index contributed by atoms with van der Waals surface area (Å²) in [5, 5.41) is 3.95. The van der Waals surface area contributed by atoms with Crippen molar-refractivity contribution in [1.29, 1.82) is 0 Å². The van der Waals surface area contributed by atoms with E-state index in [1.807, 2.05) is 25.2 Å². The second-order valence-electron chi connectivity index (χ2n) is 4.99. The first kappa shape index (κ1) is 14.6. The van der Waals surface area contributed by atoms with Crippen molar-refractivity contribution in [3.8, 4) is 5.75 Å². The highest BCUT2D eigenvalue weighted by atomic mass is 35.5. The fraction of sp³-hybridized carbons (Fsp3) is 0.600. The van der Waals surface area contributed by atoms with Gasteiger partial charge < -0.3 is 14.8 Å². The Morgan fingerprint density at radius 3 is 3.00 bits per heavy atom. The Kier molecular flexibility index (Phi) is 5.49. The molecule has 2 unspecified atom stereocenters. The summed E-state index contributed by atoms with van der Waals surface area (Å²) < 4.78 is 11.6. The number of hydrogen-bond donors (Lipinski definition) is 1. The normalized spacial score (nSPS) is 21.1. The van der Waals surface area contributed by atoms with Gasteiger partial charge in [0.15, 0.2) is 0 Å². The molecule has 2 rings (SSSR count). The predicted octanol–water partition coefficient (Wildman–Crippen LogP) is 3.57. The van der Waals surface area contributed by atoms with Crippen LogP contribution in [-0.2, 0) is 4.74 Å². The molecule has 0 aliphatic carbocycles. The van der Waals surface area contributed by atoms with Gasteiger partial charge in [0.05, 0.1) is 6.10 Å². The zero-order valence-corrected chi connectivity index (χ0v) is 12.4. The lowest BCUT2D eigenvalue weighted by Gasteiger charge is -2.24. The average Bonchev–Trinajstić information content (AvgIpc) is 2.46. The minimum Gasteiger partial charge on any atom is -0.491 e. The van der Waals surface area contributed by atoms with E-state index >= 15 is 0 Å². The van der Waals surface area contributed by atoms with Gasteiger partial charge in [0, 0.05) is 23.2 Å². The predicted molar refractivity (Wildman–Crippen MR) is 78.0 cm³/mol. The molecule has 0 bridgehead atoms. The smallest absolute Gasteiger partial charge is 0.124 e. The fourth-order valence-electron chi connectivity index (χ4n) is 2.27. The summed E-state index contributed by atoms with van der Waals surface area (Å²) in [6, 6.07) is 5.97. The summed E-state index contributed by atoms with van der Waals surface area (Å²) in [4.78, 5) is 0.